The van der Waals surface area contributed by atoms with Gasteiger partial charge in [-0.2, -0.15) is 0 Å². The lowest BCUT2D eigenvalue weighted by molar-refractivity contribution is 0.0543. The number of thiophene rings is 1. The molecule has 0 bridgehead atoms. The molecule has 0 fully saturated rings. The molecule has 4 rings (SSSR count). The summed E-state index contributed by atoms with van der Waals surface area (Å²) in [5.41, 5.74) is 3.24. The van der Waals surface area contributed by atoms with Gasteiger partial charge in [-0.15, -0.1) is 11.3 Å². The number of pyridine rings is 1. The highest BCUT2D eigenvalue weighted by molar-refractivity contribution is 7.19. The molecule has 0 radical (unpaired) electrons. The van der Waals surface area contributed by atoms with E-state index in [9.17, 15) is 14.7 Å². The number of hydrogen-bond acceptors (Lipinski definition) is 8. The van der Waals surface area contributed by atoms with E-state index in [0.29, 0.717) is 55.0 Å². The van der Waals surface area contributed by atoms with Crippen LogP contribution >= 0.6 is 22.9 Å². The van der Waals surface area contributed by atoms with Crippen LogP contribution in [0.4, 0.5) is 0 Å². The lowest BCUT2D eigenvalue weighted by Gasteiger charge is -2.21. The van der Waals surface area contributed by atoms with Crippen LogP contribution in [0.5, 0.6) is 5.75 Å². The number of fused-ring (bicyclic) bond motifs is 1. The van der Waals surface area contributed by atoms with Crippen LogP contribution in [0.25, 0.3) is 10.2 Å². The number of carbonyl (C=O) groups excluding carboxylic acids is 1. The molecule has 0 spiro atoms. The second-order valence-electron chi connectivity index (χ2n) is 10.4. The Kier molecular flexibility index (Phi) is 11.7. The lowest BCUT2D eigenvalue weighted by atomic mass is 10.1. The van der Waals surface area contributed by atoms with Crippen molar-refractivity contribution in [1.29, 1.82) is 0 Å². The van der Waals surface area contributed by atoms with Crippen LogP contribution in [0.2, 0.25) is 5.02 Å². The van der Waals surface area contributed by atoms with Gasteiger partial charge < -0.3 is 29.2 Å². The third-order valence-corrected chi connectivity index (χ3v) is 8.54. The van der Waals surface area contributed by atoms with Crippen molar-refractivity contribution in [2.75, 3.05) is 47.1 Å². The number of methoxy groups -OCH3 is 1. The van der Waals surface area contributed by atoms with Crippen molar-refractivity contribution in [1.82, 2.24) is 14.8 Å². The van der Waals surface area contributed by atoms with E-state index in [-0.39, 0.29) is 17.5 Å². The molecule has 43 heavy (non-hydrogen) atoms. The quantitative estimate of drug-likeness (QED) is 0.184. The van der Waals surface area contributed by atoms with Crippen molar-refractivity contribution in [2.45, 2.75) is 26.1 Å². The van der Waals surface area contributed by atoms with Crippen molar-refractivity contribution >= 4 is 39.1 Å². The zero-order valence-corrected chi connectivity index (χ0v) is 26.5. The molecule has 1 amide bonds. The molecule has 0 saturated carbocycles. The van der Waals surface area contributed by atoms with Gasteiger partial charge in [0, 0.05) is 49.9 Å². The maximum Gasteiger partial charge on any atom is 0.257 e. The molecule has 2 N–H and O–H groups in total. The number of amides is 1. The minimum Gasteiger partial charge on any atom is -0.491 e. The zero-order chi connectivity index (χ0) is 30.9. The highest BCUT2D eigenvalue weighted by Gasteiger charge is 2.21. The third-order valence-electron chi connectivity index (χ3n) is 7.02. The molecule has 2 aromatic heterocycles. The second-order valence-corrected chi connectivity index (χ2v) is 11.9. The van der Waals surface area contributed by atoms with Crippen molar-refractivity contribution in [2.24, 2.45) is 7.05 Å². The first-order valence-corrected chi connectivity index (χ1v) is 15.2. The number of aliphatic hydroxyl groups excluding tert-OH is 1. The van der Waals surface area contributed by atoms with E-state index in [1.54, 1.807) is 25.4 Å². The monoisotopic (exact) mass is 627 g/mol. The number of nitrogens with zero attached hydrogens (tertiary/aromatic N) is 2. The predicted octanol–water partition coefficient (Wildman–Crippen LogP) is 4.70. The Hall–Kier alpha value is -3.25. The summed E-state index contributed by atoms with van der Waals surface area (Å²) in [6, 6.07) is 14.6. The molecule has 4 aromatic rings. The van der Waals surface area contributed by atoms with Gasteiger partial charge in [-0.05, 0) is 54.9 Å². The van der Waals surface area contributed by atoms with E-state index in [2.05, 4.69) is 5.32 Å². The number of benzene rings is 2. The van der Waals surface area contributed by atoms with Crippen LogP contribution in [0.3, 0.4) is 0 Å². The van der Waals surface area contributed by atoms with Crippen LogP contribution in [0.1, 0.15) is 38.0 Å². The van der Waals surface area contributed by atoms with Gasteiger partial charge in [0.15, 0.2) is 0 Å². The number of hydrogen-bond donors (Lipinski definition) is 2. The minimum absolute atomic E-state index is 0.101. The fraction of sp³-hybridized carbons (Fsp3) is 0.375. The molecule has 0 aliphatic carbocycles. The number of aryl methyl sites for hydroxylation is 2. The maximum absolute atomic E-state index is 13.4. The van der Waals surface area contributed by atoms with Gasteiger partial charge in [-0.25, -0.2) is 0 Å². The van der Waals surface area contributed by atoms with Crippen molar-refractivity contribution < 1.29 is 24.1 Å². The van der Waals surface area contributed by atoms with E-state index in [0.717, 1.165) is 27.1 Å². The van der Waals surface area contributed by atoms with Crippen LogP contribution < -0.4 is 15.5 Å². The van der Waals surface area contributed by atoms with Gasteiger partial charge in [-0.1, -0.05) is 35.9 Å². The van der Waals surface area contributed by atoms with Crippen LogP contribution in [-0.2, 0) is 29.6 Å². The highest BCUT2D eigenvalue weighted by atomic mass is 35.5. The van der Waals surface area contributed by atoms with Crippen LogP contribution in [-0.4, -0.2) is 67.6 Å². The lowest BCUT2D eigenvalue weighted by Crippen LogP contribution is -2.29. The molecule has 2 aromatic carbocycles. The predicted molar refractivity (Wildman–Crippen MR) is 170 cm³/mol. The maximum atomic E-state index is 13.4. The summed E-state index contributed by atoms with van der Waals surface area (Å²) in [5, 5.41) is 14.4. The molecule has 2 heterocycles. The Balaban J connectivity index is 1.40. The van der Waals surface area contributed by atoms with E-state index < -0.39 is 12.0 Å². The Morgan fingerprint density at radius 1 is 1.14 bits per heavy atom. The van der Waals surface area contributed by atoms with Crippen LogP contribution in [0.15, 0.2) is 59.5 Å². The minimum atomic E-state index is -0.733. The van der Waals surface area contributed by atoms with Crippen molar-refractivity contribution in [3.63, 3.8) is 0 Å². The number of aliphatic hydroxyl groups is 1. The first-order chi connectivity index (χ1) is 20.7. The van der Waals surface area contributed by atoms with E-state index >= 15 is 0 Å². The van der Waals surface area contributed by atoms with E-state index in [1.165, 1.54) is 11.3 Å². The Morgan fingerprint density at radius 3 is 2.63 bits per heavy atom. The van der Waals surface area contributed by atoms with Gasteiger partial charge in [-0.3, -0.25) is 14.5 Å². The van der Waals surface area contributed by atoms with Crippen molar-refractivity contribution in [3.05, 3.63) is 97.1 Å². The first kappa shape index (κ1) is 32.7. The normalized spacial score (nSPS) is 12.2. The number of carbonyl (C=O) groups is 1. The zero-order valence-electron chi connectivity index (χ0n) is 24.9. The van der Waals surface area contributed by atoms with Crippen LogP contribution in [0, 0.1) is 6.92 Å². The Bertz CT molecular complexity index is 1590. The average molecular weight is 628 g/mol. The molecule has 1 unspecified atom stereocenters. The number of likely N-dealkylation sites (N-methyl/N-ethyl adjacent to an activating group) is 1. The van der Waals surface area contributed by atoms with E-state index in [4.69, 9.17) is 25.8 Å². The Morgan fingerprint density at radius 2 is 1.88 bits per heavy atom. The molecule has 11 heteroatoms. The van der Waals surface area contributed by atoms with Gasteiger partial charge in [0.1, 0.15) is 17.9 Å². The first-order valence-electron chi connectivity index (χ1n) is 14.0. The van der Waals surface area contributed by atoms with Gasteiger partial charge in [0.05, 0.1) is 36.1 Å². The van der Waals surface area contributed by atoms with Gasteiger partial charge in [0.2, 0.25) is 5.43 Å². The fourth-order valence-electron chi connectivity index (χ4n) is 4.75. The number of rotatable bonds is 15. The number of aromatic nitrogens is 1. The molecule has 0 saturated heterocycles. The standard InChI is InChI=1S/C32H38ClN3O6S/c1-21-28(20-35(2)19-27(37)23-6-5-7-25(16-23)42-15-14-41-13-12-40-4)43-31-29(21)36(3)18-26(30(31)38)32(39)34-17-22-8-10-24(33)11-9-22/h5-11,16,18,27,37H,12-15,17,19-20H2,1-4H3,(H,34,39). The topological polar surface area (TPSA) is 102 Å². The molecule has 1 atom stereocenters. The summed E-state index contributed by atoms with van der Waals surface area (Å²) in [7, 11) is 5.40. The number of ether oxygens (including phenoxy) is 3. The molecular formula is C32H38ClN3O6S. The summed E-state index contributed by atoms with van der Waals surface area (Å²) in [6.07, 6.45) is 0.864. The molecule has 9 nitrogen and oxygen atoms in total. The summed E-state index contributed by atoms with van der Waals surface area (Å²) in [4.78, 5) is 29.4. The summed E-state index contributed by atoms with van der Waals surface area (Å²) in [5.74, 6) is 0.244. The highest BCUT2D eigenvalue weighted by Crippen LogP contribution is 2.30. The second kappa shape index (κ2) is 15.5. The number of nitrogens with one attached hydrogen (secondary N) is 1. The number of halogens is 1. The van der Waals surface area contributed by atoms with Gasteiger partial charge >= 0.3 is 0 Å². The fourth-order valence-corrected chi connectivity index (χ4v) is 6.25. The molecule has 230 valence electrons. The Labute approximate surface area is 260 Å². The average Bonchev–Trinajstić information content (AvgIpc) is 3.32. The molecule has 0 aliphatic rings. The largest absolute Gasteiger partial charge is 0.491 e. The van der Waals surface area contributed by atoms with E-state index in [1.807, 2.05) is 66.9 Å². The SMILES string of the molecule is COCCOCCOc1cccc(C(O)CN(C)Cc2sc3c(=O)c(C(=O)NCc4ccc(Cl)cc4)cn(C)c3c2C)c1. The summed E-state index contributed by atoms with van der Waals surface area (Å²) in [6.45, 7) is 5.10. The van der Waals surface area contributed by atoms with Crippen molar-refractivity contribution in [3.8, 4) is 5.75 Å². The molecular weight excluding hydrogens is 590 g/mol. The summed E-state index contributed by atoms with van der Waals surface area (Å²) >= 11 is 7.33. The summed E-state index contributed by atoms with van der Waals surface area (Å²) < 4.78 is 18.5. The smallest absolute Gasteiger partial charge is 0.257 e. The third kappa shape index (κ3) is 8.66. The molecule has 0 aliphatic heterocycles. The van der Waals surface area contributed by atoms with Gasteiger partial charge in [0.25, 0.3) is 5.91 Å².